The highest BCUT2D eigenvalue weighted by Gasteiger charge is 2.11. The predicted molar refractivity (Wildman–Crippen MR) is 74.7 cm³/mol. The summed E-state index contributed by atoms with van der Waals surface area (Å²) >= 11 is 6.93. The summed E-state index contributed by atoms with van der Waals surface area (Å²) in [5.41, 5.74) is 7.53. The largest absolute Gasteiger partial charge is 0.495 e. The lowest BCUT2D eigenvalue weighted by molar-refractivity contribution is 0.411. The van der Waals surface area contributed by atoms with Crippen LogP contribution in [0.15, 0.2) is 27.1 Å². The predicted octanol–water partition coefficient (Wildman–Crippen LogP) is 3.30. The number of hydrogen-bond donors (Lipinski definition) is 1. The number of rotatable bonds is 2. The number of nitrogens with zero attached hydrogens (tertiary/aromatic N) is 2. The zero-order valence-electron chi connectivity index (χ0n) is 9.37. The van der Waals surface area contributed by atoms with E-state index in [-0.39, 0.29) is 0 Å². The molecule has 2 rings (SSSR count). The van der Waals surface area contributed by atoms with Gasteiger partial charge in [-0.2, -0.15) is 5.10 Å². The molecular weight excluding hydrogens is 350 g/mol. The van der Waals surface area contributed by atoms with Gasteiger partial charge in [0.2, 0.25) is 0 Å². The summed E-state index contributed by atoms with van der Waals surface area (Å²) < 4.78 is 8.84. The Morgan fingerprint density at radius 2 is 1.94 bits per heavy atom. The van der Waals surface area contributed by atoms with Crippen LogP contribution in [0.3, 0.4) is 0 Å². The van der Waals surface area contributed by atoms with Crippen molar-refractivity contribution in [2.75, 3.05) is 12.8 Å². The molecule has 0 spiro atoms. The van der Waals surface area contributed by atoms with Gasteiger partial charge in [0.1, 0.15) is 11.6 Å². The van der Waals surface area contributed by atoms with Crippen LogP contribution < -0.4 is 10.5 Å². The van der Waals surface area contributed by atoms with Gasteiger partial charge in [0.25, 0.3) is 0 Å². The van der Waals surface area contributed by atoms with Crippen molar-refractivity contribution in [1.82, 2.24) is 9.78 Å². The monoisotopic (exact) mass is 359 g/mol. The van der Waals surface area contributed by atoms with E-state index >= 15 is 0 Å². The Hall–Kier alpha value is -1.01. The molecule has 0 atom stereocenters. The van der Waals surface area contributed by atoms with Gasteiger partial charge in [-0.15, -0.1) is 0 Å². The van der Waals surface area contributed by atoms with Crippen LogP contribution in [0.1, 0.15) is 5.69 Å². The Bertz CT molecular complexity index is 566. The lowest BCUT2D eigenvalue weighted by Crippen LogP contribution is -2.01. The van der Waals surface area contributed by atoms with E-state index in [1.807, 2.05) is 25.1 Å². The minimum absolute atomic E-state index is 0.497. The number of ether oxygens (including phenoxy) is 1. The van der Waals surface area contributed by atoms with E-state index in [4.69, 9.17) is 10.5 Å². The maximum absolute atomic E-state index is 5.68. The third-order valence-electron chi connectivity index (χ3n) is 2.36. The van der Waals surface area contributed by atoms with Crippen LogP contribution >= 0.6 is 31.9 Å². The number of nitrogens with two attached hydrogens (primary N) is 1. The molecule has 1 aromatic carbocycles. The minimum atomic E-state index is 0.497. The maximum Gasteiger partial charge on any atom is 0.146 e. The van der Waals surface area contributed by atoms with Crippen molar-refractivity contribution in [1.29, 1.82) is 0 Å². The molecule has 0 aliphatic carbocycles. The van der Waals surface area contributed by atoms with Gasteiger partial charge in [0.05, 0.1) is 17.3 Å². The van der Waals surface area contributed by atoms with Gasteiger partial charge in [0.15, 0.2) is 0 Å². The molecule has 0 saturated carbocycles. The van der Waals surface area contributed by atoms with E-state index in [1.54, 1.807) is 11.8 Å². The lowest BCUT2D eigenvalue weighted by Gasteiger charge is -2.10. The van der Waals surface area contributed by atoms with Gasteiger partial charge in [-0.1, -0.05) is 0 Å². The van der Waals surface area contributed by atoms with Gasteiger partial charge >= 0.3 is 0 Å². The summed E-state index contributed by atoms with van der Waals surface area (Å²) in [5, 5.41) is 4.24. The van der Waals surface area contributed by atoms with Crippen molar-refractivity contribution in [3.8, 4) is 11.4 Å². The molecule has 2 N–H and O–H groups in total. The van der Waals surface area contributed by atoms with Gasteiger partial charge in [-0.3, -0.25) is 0 Å². The average molecular weight is 361 g/mol. The Kier molecular flexibility index (Phi) is 3.44. The van der Waals surface area contributed by atoms with Crippen LogP contribution in [0, 0.1) is 6.92 Å². The molecule has 0 aliphatic rings. The highest BCUT2D eigenvalue weighted by molar-refractivity contribution is 9.11. The average Bonchev–Trinajstić information content (AvgIpc) is 2.58. The maximum atomic E-state index is 5.68. The highest BCUT2D eigenvalue weighted by atomic mass is 79.9. The van der Waals surface area contributed by atoms with Crippen LogP contribution in [0.25, 0.3) is 5.69 Å². The molecule has 90 valence electrons. The molecule has 1 aromatic heterocycles. The Morgan fingerprint density at radius 3 is 2.47 bits per heavy atom. The molecule has 4 nitrogen and oxygen atoms in total. The van der Waals surface area contributed by atoms with E-state index in [9.17, 15) is 0 Å². The first-order valence-corrected chi connectivity index (χ1v) is 6.47. The quantitative estimate of drug-likeness (QED) is 0.893. The zero-order valence-corrected chi connectivity index (χ0v) is 12.5. The number of aryl methyl sites for hydroxylation is 1. The fourth-order valence-electron chi connectivity index (χ4n) is 1.58. The molecule has 0 unspecified atom stereocenters. The summed E-state index contributed by atoms with van der Waals surface area (Å²) in [6.45, 7) is 1.95. The van der Waals surface area contributed by atoms with Crippen LogP contribution in [-0.4, -0.2) is 16.9 Å². The van der Waals surface area contributed by atoms with Gasteiger partial charge in [-0.25, -0.2) is 4.68 Å². The SMILES string of the molecule is COc1cc(-n2nc(N)cc2C)c(Br)cc1Br. The van der Waals surface area contributed by atoms with Gasteiger partial charge in [0, 0.05) is 22.3 Å². The van der Waals surface area contributed by atoms with E-state index in [0.717, 1.165) is 26.1 Å². The topological polar surface area (TPSA) is 53.1 Å². The van der Waals surface area contributed by atoms with Crippen molar-refractivity contribution >= 4 is 37.7 Å². The fraction of sp³-hybridized carbons (Fsp3) is 0.182. The van der Waals surface area contributed by atoms with E-state index in [0.29, 0.717) is 5.82 Å². The second-order valence-electron chi connectivity index (χ2n) is 3.56. The minimum Gasteiger partial charge on any atom is -0.495 e. The second-order valence-corrected chi connectivity index (χ2v) is 5.27. The first-order chi connectivity index (χ1) is 8.02. The third-order valence-corrected chi connectivity index (χ3v) is 3.61. The van der Waals surface area contributed by atoms with Crippen LogP contribution in [0.4, 0.5) is 5.82 Å². The molecule has 2 aromatic rings. The Balaban J connectivity index is 2.63. The Labute approximate surface area is 116 Å². The van der Waals surface area contributed by atoms with Crippen LogP contribution in [-0.2, 0) is 0 Å². The van der Waals surface area contributed by atoms with Crippen molar-refractivity contribution in [2.24, 2.45) is 0 Å². The molecule has 0 bridgehead atoms. The number of methoxy groups -OCH3 is 1. The number of halogens is 2. The zero-order chi connectivity index (χ0) is 12.6. The van der Waals surface area contributed by atoms with Gasteiger partial charge in [-0.05, 0) is 44.8 Å². The third kappa shape index (κ3) is 2.32. The molecule has 17 heavy (non-hydrogen) atoms. The second kappa shape index (κ2) is 4.70. The molecule has 0 aliphatic heterocycles. The molecule has 1 heterocycles. The van der Waals surface area contributed by atoms with Crippen molar-refractivity contribution < 1.29 is 4.74 Å². The Morgan fingerprint density at radius 1 is 1.24 bits per heavy atom. The van der Waals surface area contributed by atoms with Crippen molar-refractivity contribution in [3.63, 3.8) is 0 Å². The highest BCUT2D eigenvalue weighted by Crippen LogP contribution is 2.33. The summed E-state index contributed by atoms with van der Waals surface area (Å²) in [4.78, 5) is 0. The van der Waals surface area contributed by atoms with Crippen LogP contribution in [0.5, 0.6) is 5.75 Å². The van der Waals surface area contributed by atoms with E-state index < -0.39 is 0 Å². The first kappa shape index (κ1) is 12.4. The number of aromatic nitrogens is 2. The summed E-state index contributed by atoms with van der Waals surface area (Å²) in [6.07, 6.45) is 0. The van der Waals surface area contributed by atoms with Crippen LogP contribution in [0.2, 0.25) is 0 Å². The number of nitrogen functional groups attached to an aromatic ring is 1. The normalized spacial score (nSPS) is 10.6. The number of benzene rings is 1. The van der Waals surface area contributed by atoms with Gasteiger partial charge < -0.3 is 10.5 Å². The fourth-order valence-corrected chi connectivity index (χ4v) is 2.90. The first-order valence-electron chi connectivity index (χ1n) is 4.88. The van der Waals surface area contributed by atoms with E-state index in [2.05, 4.69) is 37.0 Å². The molecule has 0 radical (unpaired) electrons. The summed E-state index contributed by atoms with van der Waals surface area (Å²) in [6, 6.07) is 5.64. The molecule has 0 saturated heterocycles. The molecule has 0 amide bonds. The number of anilines is 1. The van der Waals surface area contributed by atoms with Crippen molar-refractivity contribution in [2.45, 2.75) is 6.92 Å². The summed E-state index contributed by atoms with van der Waals surface area (Å²) in [5.74, 6) is 1.24. The smallest absolute Gasteiger partial charge is 0.146 e. The van der Waals surface area contributed by atoms with E-state index in [1.165, 1.54) is 0 Å². The summed E-state index contributed by atoms with van der Waals surface area (Å²) in [7, 11) is 1.63. The standard InChI is InChI=1S/C11H11Br2N3O/c1-6-3-11(14)15-16(6)9-5-10(17-2)8(13)4-7(9)12/h3-5H,1-2H3,(H2,14,15). The lowest BCUT2D eigenvalue weighted by atomic mass is 10.3. The van der Waals surface area contributed by atoms with Crippen molar-refractivity contribution in [3.05, 3.63) is 32.8 Å². The molecule has 6 heteroatoms. The number of hydrogen-bond acceptors (Lipinski definition) is 3. The molecular formula is C11H11Br2N3O. The molecule has 0 fully saturated rings.